The topological polar surface area (TPSA) is 41.5 Å². The standard InChI is InChI=1S/C17H28FNO2/c1-5-10-19-13(4)14-8-9-16(15(18)11-14)21-12-17(20,6-2)7-3/h8-9,11,13,19-20H,5-7,10,12H2,1-4H3. The van der Waals surface area contributed by atoms with E-state index in [9.17, 15) is 9.50 Å². The molecule has 3 nitrogen and oxygen atoms in total. The zero-order chi connectivity index (χ0) is 15.9. The van der Waals surface area contributed by atoms with Crippen molar-refractivity contribution in [3.8, 4) is 5.75 Å². The molecule has 0 aliphatic rings. The van der Waals surface area contributed by atoms with Crippen molar-refractivity contribution in [2.45, 2.75) is 58.6 Å². The second kappa shape index (κ2) is 8.35. The second-order valence-corrected chi connectivity index (χ2v) is 5.59. The molecular weight excluding hydrogens is 269 g/mol. The summed E-state index contributed by atoms with van der Waals surface area (Å²) in [6.07, 6.45) is 2.21. The van der Waals surface area contributed by atoms with Crippen LogP contribution in [0.15, 0.2) is 18.2 Å². The molecule has 21 heavy (non-hydrogen) atoms. The first-order valence-corrected chi connectivity index (χ1v) is 7.83. The van der Waals surface area contributed by atoms with E-state index in [1.807, 2.05) is 26.8 Å². The Hall–Kier alpha value is -1.13. The smallest absolute Gasteiger partial charge is 0.165 e. The van der Waals surface area contributed by atoms with E-state index in [2.05, 4.69) is 12.2 Å². The number of halogens is 1. The molecule has 0 aliphatic heterocycles. The lowest BCUT2D eigenvalue weighted by molar-refractivity contribution is -0.0123. The largest absolute Gasteiger partial charge is 0.488 e. The van der Waals surface area contributed by atoms with E-state index >= 15 is 0 Å². The van der Waals surface area contributed by atoms with Crippen LogP contribution in [0.5, 0.6) is 5.75 Å². The van der Waals surface area contributed by atoms with Crippen molar-refractivity contribution in [2.75, 3.05) is 13.2 Å². The highest BCUT2D eigenvalue weighted by Crippen LogP contribution is 2.24. The summed E-state index contributed by atoms with van der Waals surface area (Å²) < 4.78 is 19.5. The van der Waals surface area contributed by atoms with Gasteiger partial charge in [0.1, 0.15) is 6.61 Å². The van der Waals surface area contributed by atoms with Crippen LogP contribution >= 0.6 is 0 Å². The van der Waals surface area contributed by atoms with E-state index in [0.29, 0.717) is 12.8 Å². The van der Waals surface area contributed by atoms with Gasteiger partial charge in [0.05, 0.1) is 5.60 Å². The van der Waals surface area contributed by atoms with Gasteiger partial charge >= 0.3 is 0 Å². The first-order valence-electron chi connectivity index (χ1n) is 7.83. The molecule has 1 aromatic rings. The predicted octanol–water partition coefficient (Wildman–Crippen LogP) is 3.82. The van der Waals surface area contributed by atoms with E-state index in [0.717, 1.165) is 18.5 Å². The molecular formula is C17H28FNO2. The summed E-state index contributed by atoms with van der Waals surface area (Å²) >= 11 is 0. The summed E-state index contributed by atoms with van der Waals surface area (Å²) in [6.45, 7) is 8.92. The summed E-state index contributed by atoms with van der Waals surface area (Å²) in [5, 5.41) is 13.5. The maximum atomic E-state index is 14.1. The fourth-order valence-electron chi connectivity index (χ4n) is 2.05. The highest BCUT2D eigenvalue weighted by molar-refractivity contribution is 5.31. The number of hydrogen-bond acceptors (Lipinski definition) is 3. The Morgan fingerprint density at radius 1 is 1.29 bits per heavy atom. The Kier molecular flexibility index (Phi) is 7.12. The lowest BCUT2D eigenvalue weighted by atomic mass is 9.99. The molecule has 0 spiro atoms. The molecule has 120 valence electrons. The minimum atomic E-state index is -0.888. The second-order valence-electron chi connectivity index (χ2n) is 5.59. The van der Waals surface area contributed by atoms with Crippen LogP contribution in [0.25, 0.3) is 0 Å². The van der Waals surface area contributed by atoms with Crippen LogP contribution in [0.4, 0.5) is 4.39 Å². The highest BCUT2D eigenvalue weighted by atomic mass is 19.1. The van der Waals surface area contributed by atoms with E-state index in [1.54, 1.807) is 6.07 Å². The first kappa shape index (κ1) is 17.9. The van der Waals surface area contributed by atoms with Crippen LogP contribution in [0.2, 0.25) is 0 Å². The zero-order valence-electron chi connectivity index (χ0n) is 13.6. The number of nitrogens with one attached hydrogen (secondary N) is 1. The van der Waals surface area contributed by atoms with Crippen LogP contribution in [0, 0.1) is 5.82 Å². The molecule has 0 fully saturated rings. The summed E-state index contributed by atoms with van der Waals surface area (Å²) in [6, 6.07) is 5.11. The maximum absolute atomic E-state index is 14.1. The molecule has 0 saturated heterocycles. The Morgan fingerprint density at radius 2 is 1.95 bits per heavy atom. The van der Waals surface area contributed by atoms with Crippen LogP contribution in [-0.4, -0.2) is 23.9 Å². The van der Waals surface area contributed by atoms with E-state index in [-0.39, 0.29) is 24.2 Å². The monoisotopic (exact) mass is 297 g/mol. The predicted molar refractivity (Wildman–Crippen MR) is 84.1 cm³/mol. The number of ether oxygens (including phenoxy) is 1. The zero-order valence-corrected chi connectivity index (χ0v) is 13.6. The first-order chi connectivity index (χ1) is 9.95. The van der Waals surface area contributed by atoms with Crippen molar-refractivity contribution < 1.29 is 14.2 Å². The quantitative estimate of drug-likeness (QED) is 0.728. The van der Waals surface area contributed by atoms with Gasteiger partial charge in [-0.1, -0.05) is 26.8 Å². The average Bonchev–Trinajstić information content (AvgIpc) is 2.51. The van der Waals surface area contributed by atoms with E-state index < -0.39 is 5.60 Å². The molecule has 0 amide bonds. The highest BCUT2D eigenvalue weighted by Gasteiger charge is 2.23. The minimum absolute atomic E-state index is 0.108. The Balaban J connectivity index is 2.70. The van der Waals surface area contributed by atoms with E-state index in [1.165, 1.54) is 6.07 Å². The molecule has 0 saturated carbocycles. The molecule has 2 N–H and O–H groups in total. The van der Waals surface area contributed by atoms with Crippen molar-refractivity contribution in [3.63, 3.8) is 0 Å². The molecule has 0 aromatic heterocycles. The Bertz CT molecular complexity index is 433. The van der Waals surface area contributed by atoms with Gasteiger partial charge in [0.15, 0.2) is 11.6 Å². The summed E-state index contributed by atoms with van der Waals surface area (Å²) in [5.74, 6) is -0.186. The summed E-state index contributed by atoms with van der Waals surface area (Å²) in [7, 11) is 0. The van der Waals surface area contributed by atoms with Crippen molar-refractivity contribution in [1.29, 1.82) is 0 Å². The van der Waals surface area contributed by atoms with E-state index in [4.69, 9.17) is 4.74 Å². The lowest BCUT2D eigenvalue weighted by Gasteiger charge is -2.25. The molecule has 1 rings (SSSR count). The van der Waals surface area contributed by atoms with Crippen LogP contribution in [-0.2, 0) is 0 Å². The summed E-state index contributed by atoms with van der Waals surface area (Å²) in [5.41, 5.74) is 0.00991. The Labute approximate surface area is 127 Å². The fourth-order valence-corrected chi connectivity index (χ4v) is 2.05. The molecule has 0 aliphatic carbocycles. The normalized spacial score (nSPS) is 13.2. The third-order valence-corrected chi connectivity index (χ3v) is 3.97. The van der Waals surface area contributed by atoms with Gasteiger partial charge < -0.3 is 15.2 Å². The number of aliphatic hydroxyl groups is 1. The third kappa shape index (κ3) is 5.29. The van der Waals surface area contributed by atoms with Crippen molar-refractivity contribution in [3.05, 3.63) is 29.6 Å². The number of hydrogen-bond donors (Lipinski definition) is 2. The number of rotatable bonds is 9. The van der Waals surface area contributed by atoms with Gasteiger partial charge in [-0.2, -0.15) is 0 Å². The van der Waals surface area contributed by atoms with Gasteiger partial charge in [0, 0.05) is 6.04 Å². The molecule has 1 aromatic carbocycles. The van der Waals surface area contributed by atoms with Crippen molar-refractivity contribution in [2.24, 2.45) is 0 Å². The SMILES string of the molecule is CCCNC(C)c1ccc(OCC(O)(CC)CC)c(F)c1. The molecule has 1 atom stereocenters. The number of benzene rings is 1. The molecule has 0 heterocycles. The van der Waals surface area contributed by atoms with Gasteiger partial charge in [0.25, 0.3) is 0 Å². The van der Waals surface area contributed by atoms with Crippen molar-refractivity contribution in [1.82, 2.24) is 5.32 Å². The van der Waals surface area contributed by atoms with Gasteiger partial charge in [-0.25, -0.2) is 4.39 Å². The minimum Gasteiger partial charge on any atom is -0.488 e. The summed E-state index contributed by atoms with van der Waals surface area (Å²) in [4.78, 5) is 0. The van der Waals surface area contributed by atoms with Gasteiger partial charge in [-0.05, 0) is 50.4 Å². The van der Waals surface area contributed by atoms with Gasteiger partial charge in [-0.3, -0.25) is 0 Å². The Morgan fingerprint density at radius 3 is 2.48 bits per heavy atom. The fraction of sp³-hybridized carbons (Fsp3) is 0.647. The third-order valence-electron chi connectivity index (χ3n) is 3.97. The molecule has 0 bridgehead atoms. The van der Waals surface area contributed by atoms with Gasteiger partial charge in [-0.15, -0.1) is 0 Å². The molecule has 1 unspecified atom stereocenters. The molecule has 4 heteroatoms. The van der Waals surface area contributed by atoms with Crippen LogP contribution < -0.4 is 10.1 Å². The maximum Gasteiger partial charge on any atom is 0.165 e. The average molecular weight is 297 g/mol. The van der Waals surface area contributed by atoms with Gasteiger partial charge in [0.2, 0.25) is 0 Å². The van der Waals surface area contributed by atoms with Crippen LogP contribution in [0.3, 0.4) is 0 Å². The van der Waals surface area contributed by atoms with Crippen molar-refractivity contribution >= 4 is 0 Å². The molecule has 0 radical (unpaired) electrons. The van der Waals surface area contributed by atoms with Crippen LogP contribution in [0.1, 0.15) is 58.6 Å². The lowest BCUT2D eigenvalue weighted by Crippen LogP contribution is -2.34.